The summed E-state index contributed by atoms with van der Waals surface area (Å²) in [5, 5.41) is 3.35. The minimum atomic E-state index is 0.153. The third-order valence-corrected chi connectivity index (χ3v) is 2.57. The summed E-state index contributed by atoms with van der Waals surface area (Å²) >= 11 is 0. The van der Waals surface area contributed by atoms with Crippen molar-refractivity contribution in [3.8, 4) is 0 Å². The standard InChI is InChI=1S/C11H28N4/c1-2-3-5-11(14)9-15-7-4-6-10(13)8-12/h10-11,15H,2-9,12-14H2,1H3. The van der Waals surface area contributed by atoms with Crippen molar-refractivity contribution >= 4 is 0 Å². The van der Waals surface area contributed by atoms with Crippen molar-refractivity contribution in [2.24, 2.45) is 17.2 Å². The molecule has 0 fully saturated rings. The highest BCUT2D eigenvalue weighted by atomic mass is 14.9. The molecule has 15 heavy (non-hydrogen) atoms. The van der Waals surface area contributed by atoms with Gasteiger partial charge in [-0.3, -0.25) is 0 Å². The van der Waals surface area contributed by atoms with Gasteiger partial charge in [-0.15, -0.1) is 0 Å². The fourth-order valence-corrected chi connectivity index (χ4v) is 1.46. The molecule has 7 N–H and O–H groups in total. The van der Waals surface area contributed by atoms with Crippen LogP contribution in [-0.2, 0) is 0 Å². The highest BCUT2D eigenvalue weighted by Crippen LogP contribution is 1.97. The molecule has 0 spiro atoms. The van der Waals surface area contributed by atoms with E-state index in [4.69, 9.17) is 17.2 Å². The van der Waals surface area contributed by atoms with E-state index in [2.05, 4.69) is 12.2 Å². The molecule has 4 heteroatoms. The van der Waals surface area contributed by atoms with Crippen LogP contribution in [0.4, 0.5) is 0 Å². The van der Waals surface area contributed by atoms with E-state index in [1.54, 1.807) is 0 Å². The zero-order valence-electron chi connectivity index (χ0n) is 10.0. The average Bonchev–Trinajstić information content (AvgIpc) is 2.25. The molecule has 0 saturated heterocycles. The predicted molar refractivity (Wildman–Crippen MR) is 66.6 cm³/mol. The van der Waals surface area contributed by atoms with E-state index < -0.39 is 0 Å². The molecule has 0 aromatic heterocycles. The Labute approximate surface area is 94.0 Å². The van der Waals surface area contributed by atoms with Gasteiger partial charge in [-0.25, -0.2) is 0 Å². The Morgan fingerprint density at radius 1 is 1.07 bits per heavy atom. The quantitative estimate of drug-likeness (QED) is 0.392. The molecule has 0 aromatic carbocycles. The minimum Gasteiger partial charge on any atom is -0.329 e. The van der Waals surface area contributed by atoms with Crippen LogP contribution in [0.2, 0.25) is 0 Å². The molecule has 0 heterocycles. The molecule has 2 unspecified atom stereocenters. The van der Waals surface area contributed by atoms with Crippen molar-refractivity contribution in [2.75, 3.05) is 19.6 Å². The molecular weight excluding hydrogens is 188 g/mol. The van der Waals surface area contributed by atoms with Gasteiger partial charge in [-0.2, -0.15) is 0 Å². The molecule has 0 bridgehead atoms. The van der Waals surface area contributed by atoms with Crippen LogP contribution in [0.15, 0.2) is 0 Å². The second-order valence-corrected chi connectivity index (χ2v) is 4.24. The van der Waals surface area contributed by atoms with Crippen molar-refractivity contribution < 1.29 is 0 Å². The average molecular weight is 216 g/mol. The van der Waals surface area contributed by atoms with Gasteiger partial charge in [-0.1, -0.05) is 19.8 Å². The van der Waals surface area contributed by atoms with Gasteiger partial charge >= 0.3 is 0 Å². The number of unbranched alkanes of at least 4 members (excludes halogenated alkanes) is 1. The highest BCUT2D eigenvalue weighted by Gasteiger charge is 2.01. The molecule has 0 aliphatic heterocycles. The van der Waals surface area contributed by atoms with Crippen LogP contribution in [0.25, 0.3) is 0 Å². The van der Waals surface area contributed by atoms with Gasteiger partial charge in [0.15, 0.2) is 0 Å². The fourth-order valence-electron chi connectivity index (χ4n) is 1.46. The van der Waals surface area contributed by atoms with Crippen molar-refractivity contribution in [1.29, 1.82) is 0 Å². The van der Waals surface area contributed by atoms with Crippen molar-refractivity contribution in [3.05, 3.63) is 0 Å². The first kappa shape index (κ1) is 14.8. The molecule has 0 aromatic rings. The highest BCUT2D eigenvalue weighted by molar-refractivity contribution is 4.66. The van der Waals surface area contributed by atoms with Crippen LogP contribution in [0.3, 0.4) is 0 Å². The summed E-state index contributed by atoms with van der Waals surface area (Å²) in [6, 6.07) is 0.452. The van der Waals surface area contributed by atoms with E-state index in [-0.39, 0.29) is 6.04 Å². The summed E-state index contributed by atoms with van der Waals surface area (Å²) in [4.78, 5) is 0. The Morgan fingerprint density at radius 3 is 2.33 bits per heavy atom. The van der Waals surface area contributed by atoms with Gasteiger partial charge < -0.3 is 22.5 Å². The second kappa shape index (κ2) is 10.4. The van der Waals surface area contributed by atoms with E-state index in [9.17, 15) is 0 Å². The minimum absolute atomic E-state index is 0.153. The lowest BCUT2D eigenvalue weighted by atomic mass is 10.1. The zero-order valence-corrected chi connectivity index (χ0v) is 10.0. The van der Waals surface area contributed by atoms with Gasteiger partial charge in [0, 0.05) is 25.2 Å². The smallest absolute Gasteiger partial charge is 0.0165 e. The first-order valence-electron chi connectivity index (χ1n) is 6.12. The first-order chi connectivity index (χ1) is 7.20. The van der Waals surface area contributed by atoms with Crippen molar-refractivity contribution in [3.63, 3.8) is 0 Å². The molecule has 0 saturated carbocycles. The third kappa shape index (κ3) is 10.1. The molecule has 0 aliphatic carbocycles. The lowest BCUT2D eigenvalue weighted by molar-refractivity contribution is 0.502. The summed E-state index contributed by atoms with van der Waals surface area (Å²) in [5.74, 6) is 0. The van der Waals surface area contributed by atoms with Crippen LogP contribution in [0.5, 0.6) is 0 Å². The van der Waals surface area contributed by atoms with Gasteiger partial charge in [0.1, 0.15) is 0 Å². The third-order valence-electron chi connectivity index (χ3n) is 2.57. The Bertz CT molecular complexity index is 130. The number of nitrogens with two attached hydrogens (primary N) is 3. The maximum absolute atomic E-state index is 5.92. The molecule has 0 radical (unpaired) electrons. The Morgan fingerprint density at radius 2 is 1.73 bits per heavy atom. The molecular formula is C11H28N4. The van der Waals surface area contributed by atoms with Crippen LogP contribution in [0.1, 0.15) is 39.0 Å². The fraction of sp³-hybridized carbons (Fsp3) is 1.00. The lowest BCUT2D eigenvalue weighted by Gasteiger charge is -2.13. The molecule has 92 valence electrons. The number of hydrogen-bond acceptors (Lipinski definition) is 4. The van der Waals surface area contributed by atoms with E-state index in [1.165, 1.54) is 12.8 Å². The van der Waals surface area contributed by atoms with E-state index in [1.807, 2.05) is 0 Å². The van der Waals surface area contributed by atoms with Crippen LogP contribution < -0.4 is 22.5 Å². The van der Waals surface area contributed by atoms with Crippen LogP contribution >= 0.6 is 0 Å². The largest absolute Gasteiger partial charge is 0.329 e. The predicted octanol–water partition coefficient (Wildman–Crippen LogP) is 0.160. The summed E-state index contributed by atoms with van der Waals surface area (Å²) in [7, 11) is 0. The molecule has 4 nitrogen and oxygen atoms in total. The first-order valence-corrected chi connectivity index (χ1v) is 6.12. The Balaban J connectivity index is 3.16. The maximum atomic E-state index is 5.92. The summed E-state index contributed by atoms with van der Waals surface area (Å²) in [6.07, 6.45) is 5.64. The topological polar surface area (TPSA) is 90.1 Å². The summed E-state index contributed by atoms with van der Waals surface area (Å²) < 4.78 is 0. The normalized spacial score (nSPS) is 15.2. The molecule has 0 rings (SSSR count). The van der Waals surface area contributed by atoms with Gasteiger partial charge in [0.2, 0.25) is 0 Å². The number of nitrogens with one attached hydrogen (secondary N) is 1. The van der Waals surface area contributed by atoms with Crippen LogP contribution in [-0.4, -0.2) is 31.7 Å². The van der Waals surface area contributed by atoms with E-state index >= 15 is 0 Å². The number of hydrogen-bond donors (Lipinski definition) is 4. The SMILES string of the molecule is CCCCC(N)CNCCCC(N)CN. The van der Waals surface area contributed by atoms with E-state index in [0.717, 1.165) is 32.4 Å². The van der Waals surface area contributed by atoms with Gasteiger partial charge in [0.05, 0.1) is 0 Å². The molecule has 0 amide bonds. The maximum Gasteiger partial charge on any atom is 0.0165 e. The lowest BCUT2D eigenvalue weighted by Crippen LogP contribution is -2.35. The second-order valence-electron chi connectivity index (χ2n) is 4.24. The van der Waals surface area contributed by atoms with Crippen molar-refractivity contribution in [2.45, 2.75) is 51.1 Å². The Kier molecular flexibility index (Phi) is 10.3. The molecule has 0 aliphatic rings. The Hall–Kier alpha value is -0.160. The number of rotatable bonds is 10. The van der Waals surface area contributed by atoms with Crippen molar-refractivity contribution in [1.82, 2.24) is 5.32 Å². The van der Waals surface area contributed by atoms with E-state index in [0.29, 0.717) is 12.6 Å². The van der Waals surface area contributed by atoms with Gasteiger partial charge in [-0.05, 0) is 25.8 Å². The van der Waals surface area contributed by atoms with Crippen LogP contribution in [0, 0.1) is 0 Å². The summed E-state index contributed by atoms with van der Waals surface area (Å²) in [6.45, 7) is 4.68. The summed E-state index contributed by atoms with van der Waals surface area (Å²) in [5.41, 5.74) is 17.0. The monoisotopic (exact) mass is 216 g/mol. The zero-order chi connectivity index (χ0) is 11.5. The van der Waals surface area contributed by atoms with Gasteiger partial charge in [0.25, 0.3) is 0 Å². The molecule has 2 atom stereocenters.